The summed E-state index contributed by atoms with van der Waals surface area (Å²) in [5.41, 5.74) is 0.699. The van der Waals surface area contributed by atoms with Gasteiger partial charge in [-0.1, -0.05) is 11.3 Å². The van der Waals surface area contributed by atoms with Crippen LogP contribution in [-0.4, -0.2) is 15.5 Å². The third-order valence-corrected chi connectivity index (χ3v) is 3.10. The van der Waals surface area contributed by atoms with Gasteiger partial charge in [0.15, 0.2) is 0 Å². The maximum absolute atomic E-state index is 11.7. The summed E-state index contributed by atoms with van der Waals surface area (Å²) in [4.78, 5) is 36.4. The first-order valence-corrected chi connectivity index (χ1v) is 6.06. The van der Waals surface area contributed by atoms with Gasteiger partial charge in [0, 0.05) is 35.9 Å². The molecule has 0 radical (unpaired) electrons. The molecule has 94 valence electrons. The van der Waals surface area contributed by atoms with Crippen molar-refractivity contribution in [3.05, 3.63) is 55.0 Å². The largest absolute Gasteiger partial charge is 0.346 e. The first kappa shape index (κ1) is 12.3. The number of amides is 1. The number of hydrogen-bond donors (Lipinski definition) is 2. The van der Waals surface area contributed by atoms with E-state index in [1.165, 1.54) is 16.8 Å². The molecule has 2 aromatic rings. The Morgan fingerprint density at radius 1 is 1.50 bits per heavy atom. The molecular formula is C11H11N3O3S. The van der Waals surface area contributed by atoms with Crippen LogP contribution in [-0.2, 0) is 13.6 Å². The lowest BCUT2D eigenvalue weighted by Gasteiger charge is -2.04. The summed E-state index contributed by atoms with van der Waals surface area (Å²) in [6.07, 6.45) is 1.53. The first-order chi connectivity index (χ1) is 8.56. The van der Waals surface area contributed by atoms with Crippen LogP contribution in [0.15, 0.2) is 33.3 Å². The predicted octanol–water partition coefficient (Wildman–Crippen LogP) is 0.0651. The Kier molecular flexibility index (Phi) is 3.42. The van der Waals surface area contributed by atoms with Crippen LogP contribution >= 0.6 is 11.3 Å². The summed E-state index contributed by atoms with van der Waals surface area (Å²) in [7, 11) is 1.61. The number of carbonyl (C=O) groups excluding carboxylic acids is 1. The number of rotatable bonds is 3. The molecule has 0 saturated carbocycles. The number of thiazole rings is 1. The standard InChI is InChI=1S/C11H11N3O3S/c1-14-3-2-7(4-9(14)15)10(16)12-5-8-6-18-11(17)13-8/h2-4,6H,5H2,1H3,(H,12,16)(H,13,17). The van der Waals surface area contributed by atoms with Gasteiger partial charge in [0.2, 0.25) is 0 Å². The molecule has 0 aliphatic heterocycles. The molecule has 0 fully saturated rings. The fourth-order valence-corrected chi connectivity index (χ4v) is 1.95. The average molecular weight is 265 g/mol. The lowest BCUT2D eigenvalue weighted by Crippen LogP contribution is -2.26. The second-order valence-electron chi connectivity index (χ2n) is 3.72. The molecule has 1 amide bonds. The number of nitrogens with one attached hydrogen (secondary N) is 2. The Balaban J connectivity index is 2.05. The van der Waals surface area contributed by atoms with Crippen molar-refractivity contribution in [3.8, 4) is 0 Å². The highest BCUT2D eigenvalue weighted by molar-refractivity contribution is 7.07. The van der Waals surface area contributed by atoms with E-state index in [4.69, 9.17) is 0 Å². The summed E-state index contributed by atoms with van der Waals surface area (Å²) in [6.45, 7) is 0.229. The summed E-state index contributed by atoms with van der Waals surface area (Å²) >= 11 is 1.04. The molecule has 6 nitrogen and oxygen atoms in total. The average Bonchev–Trinajstić information content (AvgIpc) is 2.75. The van der Waals surface area contributed by atoms with Crippen LogP contribution in [0.3, 0.4) is 0 Å². The van der Waals surface area contributed by atoms with E-state index in [-0.39, 0.29) is 22.9 Å². The topological polar surface area (TPSA) is 84.0 Å². The SMILES string of the molecule is Cn1ccc(C(=O)NCc2csc(=O)[nH]2)cc1=O. The van der Waals surface area contributed by atoms with Crippen molar-refractivity contribution in [3.63, 3.8) is 0 Å². The van der Waals surface area contributed by atoms with Crippen LogP contribution in [0.4, 0.5) is 0 Å². The van der Waals surface area contributed by atoms with Crippen LogP contribution in [0.2, 0.25) is 0 Å². The van der Waals surface area contributed by atoms with Gasteiger partial charge < -0.3 is 14.9 Å². The summed E-state index contributed by atoms with van der Waals surface area (Å²) < 4.78 is 1.38. The summed E-state index contributed by atoms with van der Waals surface area (Å²) in [5.74, 6) is -0.347. The maximum Gasteiger partial charge on any atom is 0.304 e. The zero-order valence-corrected chi connectivity index (χ0v) is 10.4. The molecule has 0 aromatic carbocycles. The number of H-pyrrole nitrogens is 1. The van der Waals surface area contributed by atoms with E-state index in [0.717, 1.165) is 11.3 Å². The number of nitrogens with zero attached hydrogens (tertiary/aromatic N) is 1. The molecule has 7 heteroatoms. The number of aromatic nitrogens is 2. The fraction of sp³-hybridized carbons (Fsp3) is 0.182. The van der Waals surface area contributed by atoms with E-state index >= 15 is 0 Å². The molecule has 2 N–H and O–H groups in total. The maximum atomic E-state index is 11.7. The van der Waals surface area contributed by atoms with Crippen molar-refractivity contribution < 1.29 is 4.79 Å². The second kappa shape index (κ2) is 5.01. The van der Waals surface area contributed by atoms with Crippen molar-refractivity contribution >= 4 is 17.2 Å². The molecule has 0 spiro atoms. The normalized spacial score (nSPS) is 10.3. The van der Waals surface area contributed by atoms with Crippen LogP contribution in [0.1, 0.15) is 16.1 Å². The molecule has 2 heterocycles. The minimum Gasteiger partial charge on any atom is -0.346 e. The van der Waals surface area contributed by atoms with Gasteiger partial charge in [0.25, 0.3) is 11.5 Å². The van der Waals surface area contributed by atoms with Gasteiger partial charge >= 0.3 is 4.87 Å². The lowest BCUT2D eigenvalue weighted by atomic mass is 10.2. The van der Waals surface area contributed by atoms with E-state index in [1.54, 1.807) is 18.5 Å². The van der Waals surface area contributed by atoms with Crippen LogP contribution in [0.25, 0.3) is 0 Å². The quantitative estimate of drug-likeness (QED) is 0.823. The van der Waals surface area contributed by atoms with Crippen LogP contribution < -0.4 is 15.7 Å². The number of aromatic amines is 1. The van der Waals surface area contributed by atoms with Crippen molar-refractivity contribution in [1.82, 2.24) is 14.9 Å². The van der Waals surface area contributed by atoms with Crippen molar-refractivity contribution in [1.29, 1.82) is 0 Å². The molecule has 0 atom stereocenters. The van der Waals surface area contributed by atoms with E-state index in [9.17, 15) is 14.4 Å². The lowest BCUT2D eigenvalue weighted by molar-refractivity contribution is 0.0950. The Hall–Kier alpha value is -2.15. The van der Waals surface area contributed by atoms with Gasteiger partial charge in [-0.2, -0.15) is 0 Å². The Morgan fingerprint density at radius 3 is 2.89 bits per heavy atom. The predicted molar refractivity (Wildman–Crippen MR) is 67.8 cm³/mol. The number of hydrogen-bond acceptors (Lipinski definition) is 4. The Labute approximate surface area is 106 Å². The van der Waals surface area contributed by atoms with E-state index in [0.29, 0.717) is 11.3 Å². The van der Waals surface area contributed by atoms with Gasteiger partial charge in [0.05, 0.1) is 6.54 Å². The first-order valence-electron chi connectivity index (χ1n) is 5.18. The monoisotopic (exact) mass is 265 g/mol. The molecule has 18 heavy (non-hydrogen) atoms. The Morgan fingerprint density at radius 2 is 2.28 bits per heavy atom. The van der Waals surface area contributed by atoms with Gasteiger partial charge in [-0.05, 0) is 6.07 Å². The number of pyridine rings is 1. The smallest absolute Gasteiger partial charge is 0.304 e. The summed E-state index contributed by atoms with van der Waals surface area (Å²) in [6, 6.07) is 2.83. The second-order valence-corrected chi connectivity index (χ2v) is 4.56. The number of aryl methyl sites for hydroxylation is 1. The third-order valence-electron chi connectivity index (χ3n) is 2.38. The van der Waals surface area contributed by atoms with E-state index < -0.39 is 0 Å². The molecule has 0 saturated heterocycles. The zero-order chi connectivity index (χ0) is 13.1. The van der Waals surface area contributed by atoms with E-state index in [2.05, 4.69) is 10.3 Å². The molecular weight excluding hydrogens is 254 g/mol. The molecule has 0 bridgehead atoms. The molecule has 2 aromatic heterocycles. The van der Waals surface area contributed by atoms with Crippen molar-refractivity contribution in [2.75, 3.05) is 0 Å². The van der Waals surface area contributed by atoms with Crippen molar-refractivity contribution in [2.45, 2.75) is 6.54 Å². The van der Waals surface area contributed by atoms with Crippen LogP contribution in [0, 0.1) is 0 Å². The van der Waals surface area contributed by atoms with Gasteiger partial charge in [0.1, 0.15) is 0 Å². The molecule has 0 aliphatic carbocycles. The van der Waals surface area contributed by atoms with Gasteiger partial charge in [-0.3, -0.25) is 14.4 Å². The highest BCUT2D eigenvalue weighted by atomic mass is 32.1. The fourth-order valence-electron chi connectivity index (χ4n) is 1.37. The highest BCUT2D eigenvalue weighted by Crippen LogP contribution is 1.98. The molecule has 0 unspecified atom stereocenters. The van der Waals surface area contributed by atoms with Gasteiger partial charge in [-0.15, -0.1) is 0 Å². The van der Waals surface area contributed by atoms with Gasteiger partial charge in [-0.25, -0.2) is 0 Å². The third kappa shape index (κ3) is 2.75. The molecule has 2 rings (SSSR count). The molecule has 0 aliphatic rings. The number of carbonyl (C=O) groups is 1. The van der Waals surface area contributed by atoms with E-state index in [1.807, 2.05) is 0 Å². The summed E-state index contributed by atoms with van der Waals surface area (Å²) in [5, 5.41) is 4.27. The zero-order valence-electron chi connectivity index (χ0n) is 9.60. The van der Waals surface area contributed by atoms with Crippen LogP contribution in [0.5, 0.6) is 0 Å². The Bertz CT molecular complexity index is 683. The highest BCUT2D eigenvalue weighted by Gasteiger charge is 2.07. The minimum absolute atomic E-state index is 0.159. The minimum atomic E-state index is -0.347. The van der Waals surface area contributed by atoms with Crippen molar-refractivity contribution in [2.24, 2.45) is 7.05 Å².